The van der Waals surface area contributed by atoms with Crippen LogP contribution in [-0.4, -0.2) is 48.6 Å². The molecule has 0 saturated carbocycles. The Balaban J connectivity index is 0.00000320. The molecule has 3 rings (SSSR count). The van der Waals surface area contributed by atoms with Gasteiger partial charge in [0.25, 0.3) is 5.91 Å². The molecule has 0 fully saturated rings. The second-order valence-corrected chi connectivity index (χ2v) is 8.45. The van der Waals surface area contributed by atoms with Crippen LogP contribution in [0.1, 0.15) is 31.1 Å². The number of aromatic nitrogens is 1. The number of rotatable bonds is 9. The summed E-state index contributed by atoms with van der Waals surface area (Å²) in [7, 11) is 0. The van der Waals surface area contributed by atoms with E-state index in [2.05, 4.69) is 34.7 Å². The molecular weight excluding hydrogens is 486 g/mol. The van der Waals surface area contributed by atoms with Crippen LogP contribution in [0, 0.1) is 0 Å². The standard InChI is InChI=1S/C22H26BrN3O2S.ClH/c1-4-25(5-2)13-14-26(21(27)16-9-7-10-17(23)15-16)22-24-20-18(28-6-3)11-8-12-19(20)29-22;/h7-12,15H,4-6,13-14H2,1-3H3;1H. The minimum Gasteiger partial charge on any atom is -0.492 e. The van der Waals surface area contributed by atoms with E-state index in [-0.39, 0.29) is 18.3 Å². The zero-order valence-electron chi connectivity index (χ0n) is 17.4. The number of ether oxygens (including phenoxy) is 1. The second-order valence-electron chi connectivity index (χ2n) is 6.53. The molecule has 30 heavy (non-hydrogen) atoms. The molecule has 8 heteroatoms. The summed E-state index contributed by atoms with van der Waals surface area (Å²) in [6.45, 7) is 10.1. The molecule has 0 radical (unpaired) electrons. The van der Waals surface area contributed by atoms with Gasteiger partial charge in [-0.1, -0.05) is 53.2 Å². The number of thiazole rings is 1. The number of fused-ring (bicyclic) bond motifs is 1. The number of anilines is 1. The summed E-state index contributed by atoms with van der Waals surface area (Å²) in [5.74, 6) is 0.710. The average Bonchev–Trinajstić information content (AvgIpc) is 3.16. The molecule has 0 aliphatic heterocycles. The first-order chi connectivity index (χ1) is 14.1. The first kappa shape index (κ1) is 24.6. The summed E-state index contributed by atoms with van der Waals surface area (Å²) in [5, 5.41) is 0.698. The van der Waals surface area contributed by atoms with E-state index in [1.807, 2.05) is 49.4 Å². The van der Waals surface area contributed by atoms with Crippen molar-refractivity contribution in [2.75, 3.05) is 37.7 Å². The molecule has 0 saturated heterocycles. The van der Waals surface area contributed by atoms with Crippen molar-refractivity contribution in [1.82, 2.24) is 9.88 Å². The third-order valence-corrected chi connectivity index (χ3v) is 6.29. The lowest BCUT2D eigenvalue weighted by Gasteiger charge is -2.24. The number of amides is 1. The smallest absolute Gasteiger partial charge is 0.260 e. The van der Waals surface area contributed by atoms with E-state index < -0.39 is 0 Å². The Morgan fingerprint density at radius 2 is 1.83 bits per heavy atom. The van der Waals surface area contributed by atoms with Gasteiger partial charge in [0, 0.05) is 23.1 Å². The van der Waals surface area contributed by atoms with Gasteiger partial charge in [0.05, 0.1) is 11.3 Å². The Labute approximate surface area is 196 Å². The molecule has 1 aromatic heterocycles. The molecular formula is C22H27BrClN3O2S. The highest BCUT2D eigenvalue weighted by molar-refractivity contribution is 9.10. The molecule has 2 aromatic carbocycles. The van der Waals surface area contributed by atoms with Crippen molar-refractivity contribution in [1.29, 1.82) is 0 Å². The van der Waals surface area contributed by atoms with Gasteiger partial charge in [0.15, 0.2) is 5.13 Å². The summed E-state index contributed by atoms with van der Waals surface area (Å²) in [5.41, 5.74) is 1.45. The van der Waals surface area contributed by atoms with Crippen LogP contribution in [0.2, 0.25) is 0 Å². The largest absolute Gasteiger partial charge is 0.492 e. The molecule has 5 nitrogen and oxygen atoms in total. The van der Waals surface area contributed by atoms with E-state index in [1.54, 1.807) is 4.90 Å². The molecule has 0 atom stereocenters. The summed E-state index contributed by atoms with van der Waals surface area (Å²) >= 11 is 4.99. The van der Waals surface area contributed by atoms with Gasteiger partial charge in [-0.2, -0.15) is 0 Å². The summed E-state index contributed by atoms with van der Waals surface area (Å²) < 4.78 is 7.63. The first-order valence-corrected chi connectivity index (χ1v) is 11.5. The number of carbonyl (C=O) groups is 1. The molecule has 162 valence electrons. The predicted octanol–water partition coefficient (Wildman–Crippen LogP) is 5.87. The Morgan fingerprint density at radius 1 is 1.10 bits per heavy atom. The normalized spacial score (nSPS) is 10.8. The van der Waals surface area contributed by atoms with Crippen LogP contribution < -0.4 is 9.64 Å². The number of hydrogen-bond donors (Lipinski definition) is 0. The fraction of sp³-hybridized carbons (Fsp3) is 0.364. The molecule has 0 spiro atoms. The van der Waals surface area contributed by atoms with Crippen molar-refractivity contribution in [3.05, 3.63) is 52.5 Å². The maximum Gasteiger partial charge on any atom is 0.260 e. The van der Waals surface area contributed by atoms with Crippen molar-refractivity contribution in [3.63, 3.8) is 0 Å². The third-order valence-electron chi connectivity index (χ3n) is 4.75. The topological polar surface area (TPSA) is 45.7 Å². The number of halogens is 2. The van der Waals surface area contributed by atoms with Gasteiger partial charge < -0.3 is 9.64 Å². The molecule has 1 amide bonds. The van der Waals surface area contributed by atoms with E-state index in [1.165, 1.54) is 11.3 Å². The molecule has 0 unspecified atom stereocenters. The van der Waals surface area contributed by atoms with E-state index in [0.717, 1.165) is 40.1 Å². The predicted molar refractivity (Wildman–Crippen MR) is 132 cm³/mol. The van der Waals surface area contributed by atoms with Gasteiger partial charge in [-0.15, -0.1) is 12.4 Å². The van der Waals surface area contributed by atoms with Crippen LogP contribution in [0.15, 0.2) is 46.9 Å². The lowest BCUT2D eigenvalue weighted by Crippen LogP contribution is -2.38. The third kappa shape index (κ3) is 5.72. The zero-order valence-corrected chi connectivity index (χ0v) is 20.6. The molecule has 0 aliphatic rings. The second kappa shape index (κ2) is 11.6. The van der Waals surface area contributed by atoms with Crippen LogP contribution in [0.5, 0.6) is 5.75 Å². The zero-order chi connectivity index (χ0) is 20.8. The number of nitrogens with zero attached hydrogens (tertiary/aromatic N) is 3. The maximum atomic E-state index is 13.4. The maximum absolute atomic E-state index is 13.4. The van der Waals surface area contributed by atoms with Crippen LogP contribution >= 0.6 is 39.7 Å². The van der Waals surface area contributed by atoms with Crippen molar-refractivity contribution >= 4 is 60.9 Å². The van der Waals surface area contributed by atoms with Gasteiger partial charge in [0.1, 0.15) is 11.3 Å². The Bertz CT molecular complexity index is 978. The number of hydrogen-bond acceptors (Lipinski definition) is 5. The van der Waals surface area contributed by atoms with E-state index in [9.17, 15) is 4.79 Å². The number of benzene rings is 2. The van der Waals surface area contributed by atoms with Crippen LogP contribution in [-0.2, 0) is 0 Å². The molecule has 0 aliphatic carbocycles. The van der Waals surface area contributed by atoms with Gasteiger partial charge in [-0.25, -0.2) is 4.98 Å². The fourth-order valence-corrected chi connectivity index (χ4v) is 4.55. The van der Waals surface area contributed by atoms with E-state index in [0.29, 0.717) is 23.8 Å². The highest BCUT2D eigenvalue weighted by atomic mass is 79.9. The van der Waals surface area contributed by atoms with E-state index >= 15 is 0 Å². The summed E-state index contributed by atoms with van der Waals surface area (Å²) in [6.07, 6.45) is 0. The quantitative estimate of drug-likeness (QED) is 0.360. The summed E-state index contributed by atoms with van der Waals surface area (Å²) in [6, 6.07) is 13.4. The molecule has 0 bridgehead atoms. The van der Waals surface area contributed by atoms with Crippen molar-refractivity contribution in [3.8, 4) is 5.75 Å². The number of carbonyl (C=O) groups excluding carboxylic acids is 1. The molecule has 3 aromatic rings. The Hall–Kier alpha value is -1.67. The van der Waals surface area contributed by atoms with Gasteiger partial charge in [-0.05, 0) is 50.3 Å². The van der Waals surface area contributed by atoms with Gasteiger partial charge in [-0.3, -0.25) is 9.69 Å². The van der Waals surface area contributed by atoms with Crippen molar-refractivity contribution < 1.29 is 9.53 Å². The van der Waals surface area contributed by atoms with Gasteiger partial charge in [0.2, 0.25) is 0 Å². The SMILES string of the molecule is CCOc1cccc2sc(N(CCN(CC)CC)C(=O)c3cccc(Br)c3)nc12.Cl. The summed E-state index contributed by atoms with van der Waals surface area (Å²) in [4.78, 5) is 22.3. The Kier molecular flexibility index (Phi) is 9.55. The number of likely N-dealkylation sites (N-methyl/N-ethyl adjacent to an activating group) is 1. The lowest BCUT2D eigenvalue weighted by atomic mass is 10.2. The molecule has 0 N–H and O–H groups in total. The van der Waals surface area contributed by atoms with Gasteiger partial charge >= 0.3 is 0 Å². The van der Waals surface area contributed by atoms with Crippen molar-refractivity contribution in [2.45, 2.75) is 20.8 Å². The van der Waals surface area contributed by atoms with Crippen LogP contribution in [0.4, 0.5) is 5.13 Å². The fourth-order valence-electron chi connectivity index (χ4n) is 3.14. The molecule has 1 heterocycles. The minimum atomic E-state index is -0.0459. The number of para-hydroxylation sites is 1. The monoisotopic (exact) mass is 511 g/mol. The highest BCUT2D eigenvalue weighted by Crippen LogP contribution is 2.34. The van der Waals surface area contributed by atoms with Crippen molar-refractivity contribution in [2.24, 2.45) is 0 Å². The lowest BCUT2D eigenvalue weighted by molar-refractivity contribution is 0.0983. The average molecular weight is 513 g/mol. The highest BCUT2D eigenvalue weighted by Gasteiger charge is 2.23. The van der Waals surface area contributed by atoms with Crippen LogP contribution in [0.3, 0.4) is 0 Å². The van der Waals surface area contributed by atoms with E-state index in [4.69, 9.17) is 9.72 Å². The minimum absolute atomic E-state index is 0. The van der Waals surface area contributed by atoms with Crippen LogP contribution in [0.25, 0.3) is 10.2 Å². The Morgan fingerprint density at radius 3 is 2.50 bits per heavy atom. The first-order valence-electron chi connectivity index (χ1n) is 9.89.